The van der Waals surface area contributed by atoms with E-state index in [1.165, 1.54) is 0 Å². The third kappa shape index (κ3) is 8.12. The van der Waals surface area contributed by atoms with Crippen LogP contribution in [0.4, 0.5) is 0 Å². The highest BCUT2D eigenvalue weighted by Gasteiger charge is 2.30. The molecule has 2 heteroatoms. The maximum atomic E-state index is 6.16. The summed E-state index contributed by atoms with van der Waals surface area (Å²) in [5.41, 5.74) is -0.305. The van der Waals surface area contributed by atoms with Crippen LogP contribution in [-0.2, 0) is 9.47 Å². The molecule has 0 bridgehead atoms. The van der Waals surface area contributed by atoms with E-state index in [2.05, 4.69) is 55.4 Å². The summed E-state index contributed by atoms with van der Waals surface area (Å²) in [5.74, 6) is 0.650. The summed E-state index contributed by atoms with van der Waals surface area (Å²) < 4.78 is 11.8. The van der Waals surface area contributed by atoms with Crippen molar-refractivity contribution in [1.82, 2.24) is 0 Å². The van der Waals surface area contributed by atoms with Gasteiger partial charge in [0.2, 0.25) is 0 Å². The quantitative estimate of drug-likeness (QED) is 0.657. The third-order valence-electron chi connectivity index (χ3n) is 2.22. The lowest BCUT2D eigenvalue weighted by molar-refractivity contribution is -0.162. The van der Waals surface area contributed by atoms with E-state index in [4.69, 9.17) is 9.47 Å². The fourth-order valence-corrected chi connectivity index (χ4v) is 2.17. The van der Waals surface area contributed by atoms with Crippen LogP contribution in [-0.4, -0.2) is 23.9 Å². The van der Waals surface area contributed by atoms with Crippen molar-refractivity contribution in [3.63, 3.8) is 0 Å². The van der Waals surface area contributed by atoms with E-state index in [0.29, 0.717) is 12.5 Å². The highest BCUT2D eigenvalue weighted by molar-refractivity contribution is 4.78. The molecule has 0 saturated heterocycles. The maximum Gasteiger partial charge on any atom is 0.0866 e. The molecule has 0 aliphatic rings. The second-order valence-electron chi connectivity index (χ2n) is 6.58. The predicted molar refractivity (Wildman–Crippen MR) is 69.8 cm³/mol. The Balaban J connectivity index is 4.22. The molecule has 0 aliphatic heterocycles. The molecule has 0 heterocycles. The second-order valence-corrected chi connectivity index (χ2v) is 6.58. The van der Waals surface area contributed by atoms with Crippen LogP contribution in [0.25, 0.3) is 0 Å². The Morgan fingerprint density at radius 3 is 1.75 bits per heavy atom. The van der Waals surface area contributed by atoms with Crippen LogP contribution >= 0.6 is 0 Å². The van der Waals surface area contributed by atoms with Gasteiger partial charge < -0.3 is 9.47 Å². The van der Waals surface area contributed by atoms with Crippen LogP contribution < -0.4 is 0 Å². The van der Waals surface area contributed by atoms with E-state index >= 15 is 0 Å². The largest absolute Gasteiger partial charge is 0.376 e. The minimum absolute atomic E-state index is 0.0853. The molecule has 2 nitrogen and oxygen atoms in total. The minimum atomic E-state index is -0.220. The number of hydrogen-bond donors (Lipinski definition) is 0. The van der Waals surface area contributed by atoms with Gasteiger partial charge in [-0.1, -0.05) is 13.8 Å². The molecule has 0 unspecified atom stereocenters. The van der Waals surface area contributed by atoms with E-state index < -0.39 is 0 Å². The Bertz CT molecular complexity index is 193. The van der Waals surface area contributed by atoms with Crippen molar-refractivity contribution < 1.29 is 9.47 Å². The Labute approximate surface area is 102 Å². The molecular weight excluding hydrogens is 200 g/mol. The van der Waals surface area contributed by atoms with E-state index in [0.717, 1.165) is 6.42 Å². The summed E-state index contributed by atoms with van der Waals surface area (Å²) in [7, 11) is 0. The topological polar surface area (TPSA) is 18.5 Å². The Morgan fingerprint density at radius 1 is 0.875 bits per heavy atom. The first-order valence-electron chi connectivity index (χ1n) is 6.36. The van der Waals surface area contributed by atoms with Crippen LogP contribution in [0.3, 0.4) is 0 Å². The molecule has 0 aliphatic carbocycles. The van der Waals surface area contributed by atoms with Gasteiger partial charge in [-0.3, -0.25) is 0 Å². The molecule has 0 aromatic carbocycles. The summed E-state index contributed by atoms with van der Waals surface area (Å²) in [6, 6.07) is 0. The summed E-state index contributed by atoms with van der Waals surface area (Å²) in [6.07, 6.45) is 1.33. The van der Waals surface area contributed by atoms with Gasteiger partial charge in [0.05, 0.1) is 23.9 Å². The second kappa shape index (κ2) is 6.02. The van der Waals surface area contributed by atoms with Crippen molar-refractivity contribution in [1.29, 1.82) is 0 Å². The molecule has 0 rings (SSSR count). The van der Waals surface area contributed by atoms with Crippen LogP contribution in [0.15, 0.2) is 0 Å². The minimum Gasteiger partial charge on any atom is -0.376 e. The molecule has 0 aromatic heterocycles. The van der Waals surface area contributed by atoms with Gasteiger partial charge in [0.1, 0.15) is 0 Å². The molecule has 0 aromatic rings. The lowest BCUT2D eigenvalue weighted by Gasteiger charge is -2.37. The smallest absolute Gasteiger partial charge is 0.0866 e. The van der Waals surface area contributed by atoms with E-state index in [1.807, 2.05) is 0 Å². The lowest BCUT2D eigenvalue weighted by atomic mass is 9.95. The normalized spacial score (nSPS) is 13.9. The van der Waals surface area contributed by atoms with Crippen molar-refractivity contribution in [2.75, 3.05) is 6.61 Å². The highest BCUT2D eigenvalue weighted by Crippen LogP contribution is 2.26. The zero-order valence-electron chi connectivity index (χ0n) is 12.4. The first kappa shape index (κ1) is 15.9. The fourth-order valence-electron chi connectivity index (χ4n) is 2.17. The molecule has 0 saturated carbocycles. The summed E-state index contributed by atoms with van der Waals surface area (Å²) in [5, 5.41) is 0. The molecule has 0 spiro atoms. The van der Waals surface area contributed by atoms with Crippen LogP contribution in [0.1, 0.15) is 61.8 Å². The Hall–Kier alpha value is -0.0800. The SMILES string of the molecule is CC(C)CC(C)(C)OC(C)(C)COC(C)C. The molecule has 0 N–H and O–H groups in total. The molecule has 0 amide bonds. The average Bonchev–Trinajstić information content (AvgIpc) is 1.95. The van der Waals surface area contributed by atoms with Crippen molar-refractivity contribution in [2.45, 2.75) is 79.1 Å². The summed E-state index contributed by atoms with van der Waals surface area (Å²) in [6.45, 7) is 17.7. The lowest BCUT2D eigenvalue weighted by Crippen LogP contribution is -2.41. The zero-order valence-corrected chi connectivity index (χ0v) is 12.4. The molecule has 0 fully saturated rings. The molecule has 0 atom stereocenters. The predicted octanol–water partition coefficient (Wildman–Crippen LogP) is 4.03. The van der Waals surface area contributed by atoms with Gasteiger partial charge in [-0.15, -0.1) is 0 Å². The van der Waals surface area contributed by atoms with Crippen molar-refractivity contribution in [3.05, 3.63) is 0 Å². The van der Waals surface area contributed by atoms with Crippen molar-refractivity contribution in [3.8, 4) is 0 Å². The van der Waals surface area contributed by atoms with Gasteiger partial charge in [-0.05, 0) is 53.9 Å². The standard InChI is InChI=1S/C14H30O2/c1-11(2)9-13(5,6)16-14(7,8)10-15-12(3)4/h11-12H,9-10H2,1-8H3. The highest BCUT2D eigenvalue weighted by atomic mass is 16.6. The fraction of sp³-hybridized carbons (Fsp3) is 1.00. The average molecular weight is 230 g/mol. The first-order chi connectivity index (χ1) is 7.04. The molecule has 16 heavy (non-hydrogen) atoms. The number of ether oxygens (including phenoxy) is 2. The van der Waals surface area contributed by atoms with Gasteiger partial charge >= 0.3 is 0 Å². The molecule has 0 radical (unpaired) electrons. The van der Waals surface area contributed by atoms with Gasteiger partial charge in [-0.25, -0.2) is 0 Å². The Kier molecular flexibility index (Phi) is 5.99. The van der Waals surface area contributed by atoms with Crippen molar-refractivity contribution in [2.24, 2.45) is 5.92 Å². The van der Waals surface area contributed by atoms with Gasteiger partial charge in [0, 0.05) is 0 Å². The van der Waals surface area contributed by atoms with Crippen LogP contribution in [0, 0.1) is 5.92 Å². The van der Waals surface area contributed by atoms with Crippen LogP contribution in [0.5, 0.6) is 0 Å². The number of rotatable bonds is 7. The summed E-state index contributed by atoms with van der Waals surface area (Å²) >= 11 is 0. The maximum absolute atomic E-state index is 6.16. The monoisotopic (exact) mass is 230 g/mol. The Morgan fingerprint density at radius 2 is 1.38 bits per heavy atom. The van der Waals surface area contributed by atoms with Crippen molar-refractivity contribution >= 4 is 0 Å². The number of hydrogen-bond acceptors (Lipinski definition) is 2. The van der Waals surface area contributed by atoms with E-state index in [-0.39, 0.29) is 17.3 Å². The van der Waals surface area contributed by atoms with Gasteiger partial charge in [-0.2, -0.15) is 0 Å². The molecule has 98 valence electrons. The van der Waals surface area contributed by atoms with Crippen LogP contribution in [0.2, 0.25) is 0 Å². The van der Waals surface area contributed by atoms with Gasteiger partial charge in [0.25, 0.3) is 0 Å². The third-order valence-corrected chi connectivity index (χ3v) is 2.22. The summed E-state index contributed by atoms with van der Waals surface area (Å²) in [4.78, 5) is 0. The van der Waals surface area contributed by atoms with E-state index in [9.17, 15) is 0 Å². The molecular formula is C14H30O2. The zero-order chi connectivity index (χ0) is 13.0. The first-order valence-corrected chi connectivity index (χ1v) is 6.36. The van der Waals surface area contributed by atoms with Gasteiger partial charge in [0.15, 0.2) is 0 Å². The van der Waals surface area contributed by atoms with E-state index in [1.54, 1.807) is 0 Å².